The molecular weight excluding hydrogens is 344 g/mol. The Kier molecular flexibility index (Phi) is 6.46. The summed E-state index contributed by atoms with van der Waals surface area (Å²) in [6.45, 7) is 2.97. The van der Waals surface area contributed by atoms with Gasteiger partial charge in [-0.1, -0.05) is 49.2 Å². The number of benzene rings is 2. The van der Waals surface area contributed by atoms with Crippen LogP contribution in [-0.4, -0.2) is 13.1 Å². The van der Waals surface area contributed by atoms with Crippen molar-refractivity contribution in [2.45, 2.75) is 45.1 Å². The Morgan fingerprint density at radius 1 is 0.750 bits per heavy atom. The van der Waals surface area contributed by atoms with Crippen LogP contribution in [0.4, 0.5) is 11.4 Å². The highest BCUT2D eigenvalue weighted by Gasteiger charge is 2.19. The topological polar surface area (TPSA) is 28.4 Å². The monoisotopic (exact) mass is 374 g/mol. The van der Waals surface area contributed by atoms with Gasteiger partial charge in [-0.05, 0) is 67.6 Å². The quantitative estimate of drug-likeness (QED) is 0.475. The summed E-state index contributed by atoms with van der Waals surface area (Å²) in [6.07, 6.45) is 8.96. The molecule has 0 spiro atoms. The molecule has 2 aromatic carbocycles. The van der Waals surface area contributed by atoms with E-state index < -0.39 is 0 Å². The standard InChI is InChI=1S/C25H30N2O/c1(7-17-26-20-23-12-9-19-28-23)2-8-18-27-24-13-5-3-10-21(24)15-16-22-11-4-6-14-25(22)27/h3-6,9-14,19,26H,1-2,7-8,15-18,20H2. The zero-order valence-electron chi connectivity index (χ0n) is 16.6. The number of hydrogen-bond acceptors (Lipinski definition) is 3. The Labute approximate surface area is 168 Å². The zero-order valence-corrected chi connectivity index (χ0v) is 16.6. The molecule has 28 heavy (non-hydrogen) atoms. The minimum Gasteiger partial charge on any atom is -0.468 e. The van der Waals surface area contributed by atoms with Gasteiger partial charge in [-0.3, -0.25) is 0 Å². The van der Waals surface area contributed by atoms with Crippen LogP contribution in [0.5, 0.6) is 0 Å². The van der Waals surface area contributed by atoms with Gasteiger partial charge in [0.2, 0.25) is 0 Å². The van der Waals surface area contributed by atoms with Gasteiger partial charge in [0.1, 0.15) is 5.76 Å². The first-order valence-electron chi connectivity index (χ1n) is 10.6. The first kappa shape index (κ1) is 18.8. The van der Waals surface area contributed by atoms with Crippen molar-refractivity contribution in [1.29, 1.82) is 0 Å². The highest BCUT2D eigenvalue weighted by molar-refractivity contribution is 5.71. The van der Waals surface area contributed by atoms with Gasteiger partial charge >= 0.3 is 0 Å². The van der Waals surface area contributed by atoms with Crippen molar-refractivity contribution >= 4 is 11.4 Å². The minimum atomic E-state index is 0.828. The van der Waals surface area contributed by atoms with E-state index in [0.717, 1.165) is 38.2 Å². The first-order chi connectivity index (χ1) is 13.9. The third-order valence-corrected chi connectivity index (χ3v) is 5.59. The summed E-state index contributed by atoms with van der Waals surface area (Å²) < 4.78 is 5.35. The van der Waals surface area contributed by atoms with Gasteiger partial charge in [-0.25, -0.2) is 0 Å². The number of fused-ring (bicyclic) bond motifs is 2. The van der Waals surface area contributed by atoms with Crippen molar-refractivity contribution in [2.75, 3.05) is 18.0 Å². The fourth-order valence-corrected chi connectivity index (χ4v) is 4.11. The van der Waals surface area contributed by atoms with Crippen molar-refractivity contribution in [1.82, 2.24) is 5.32 Å². The van der Waals surface area contributed by atoms with E-state index in [1.165, 1.54) is 48.2 Å². The summed E-state index contributed by atoms with van der Waals surface area (Å²) in [5, 5.41) is 3.46. The second-order valence-corrected chi connectivity index (χ2v) is 7.58. The third-order valence-electron chi connectivity index (χ3n) is 5.59. The van der Waals surface area contributed by atoms with Crippen molar-refractivity contribution < 1.29 is 4.42 Å². The van der Waals surface area contributed by atoms with Gasteiger partial charge in [0.15, 0.2) is 0 Å². The van der Waals surface area contributed by atoms with Crippen molar-refractivity contribution in [3.8, 4) is 0 Å². The molecule has 0 bridgehead atoms. The highest BCUT2D eigenvalue weighted by atomic mass is 16.3. The summed E-state index contributed by atoms with van der Waals surface area (Å²) in [6, 6.07) is 21.8. The number of furan rings is 1. The molecule has 1 N–H and O–H groups in total. The van der Waals surface area contributed by atoms with Crippen LogP contribution in [0.2, 0.25) is 0 Å². The molecule has 3 nitrogen and oxygen atoms in total. The first-order valence-corrected chi connectivity index (χ1v) is 10.6. The van der Waals surface area contributed by atoms with Crippen molar-refractivity contribution in [3.05, 3.63) is 83.8 Å². The number of unbranched alkanes of at least 4 members (excludes halogenated alkanes) is 3. The van der Waals surface area contributed by atoms with E-state index in [2.05, 4.69) is 58.7 Å². The Bertz CT molecular complexity index is 809. The minimum absolute atomic E-state index is 0.828. The van der Waals surface area contributed by atoms with E-state index in [-0.39, 0.29) is 0 Å². The third kappa shape index (κ3) is 4.66. The predicted octanol–water partition coefficient (Wildman–Crippen LogP) is 5.87. The van der Waals surface area contributed by atoms with E-state index in [1.807, 2.05) is 12.1 Å². The van der Waals surface area contributed by atoms with E-state index in [0.29, 0.717) is 0 Å². The van der Waals surface area contributed by atoms with Gasteiger partial charge in [0.05, 0.1) is 12.8 Å². The van der Waals surface area contributed by atoms with E-state index in [4.69, 9.17) is 4.42 Å². The number of nitrogens with zero attached hydrogens (tertiary/aromatic N) is 1. The molecule has 0 atom stereocenters. The van der Waals surface area contributed by atoms with Crippen LogP contribution in [0.15, 0.2) is 71.3 Å². The Hall–Kier alpha value is -2.52. The lowest BCUT2D eigenvalue weighted by Crippen LogP contribution is -2.20. The molecule has 0 amide bonds. The van der Waals surface area contributed by atoms with Gasteiger partial charge in [0, 0.05) is 17.9 Å². The second kappa shape index (κ2) is 9.61. The smallest absolute Gasteiger partial charge is 0.117 e. The van der Waals surface area contributed by atoms with Crippen LogP contribution >= 0.6 is 0 Å². The van der Waals surface area contributed by atoms with Gasteiger partial charge in [-0.15, -0.1) is 0 Å². The summed E-state index contributed by atoms with van der Waals surface area (Å²) in [5.74, 6) is 1.01. The highest BCUT2D eigenvalue weighted by Crippen LogP contribution is 2.36. The SMILES string of the molecule is c1coc(CNCCCCCCN2c3ccccc3CCc3ccccc32)c1. The molecule has 1 aliphatic heterocycles. The number of rotatable bonds is 9. The molecular formula is C25H30N2O. The summed E-state index contributed by atoms with van der Waals surface area (Å²) in [7, 11) is 0. The summed E-state index contributed by atoms with van der Waals surface area (Å²) in [4.78, 5) is 2.55. The van der Waals surface area contributed by atoms with Crippen LogP contribution in [0.3, 0.4) is 0 Å². The fraction of sp³-hybridized carbons (Fsp3) is 0.360. The lowest BCUT2D eigenvalue weighted by Gasteiger charge is -2.27. The van der Waals surface area contributed by atoms with Gasteiger partial charge < -0.3 is 14.6 Å². The predicted molar refractivity (Wildman–Crippen MR) is 116 cm³/mol. The zero-order chi connectivity index (χ0) is 19.0. The summed E-state index contributed by atoms with van der Waals surface area (Å²) in [5.41, 5.74) is 5.74. The molecule has 146 valence electrons. The van der Waals surface area contributed by atoms with Crippen LogP contribution < -0.4 is 10.2 Å². The fourth-order valence-electron chi connectivity index (χ4n) is 4.11. The molecule has 1 aromatic heterocycles. The maximum atomic E-state index is 5.35. The van der Waals surface area contributed by atoms with E-state index >= 15 is 0 Å². The number of nitrogens with one attached hydrogen (secondary N) is 1. The van der Waals surface area contributed by atoms with Crippen LogP contribution in [0.25, 0.3) is 0 Å². The Morgan fingerprint density at radius 3 is 2.11 bits per heavy atom. The van der Waals surface area contributed by atoms with Crippen LogP contribution in [0.1, 0.15) is 42.6 Å². The van der Waals surface area contributed by atoms with Gasteiger partial charge in [0.25, 0.3) is 0 Å². The number of para-hydroxylation sites is 2. The van der Waals surface area contributed by atoms with Crippen molar-refractivity contribution in [2.24, 2.45) is 0 Å². The van der Waals surface area contributed by atoms with Gasteiger partial charge in [-0.2, -0.15) is 0 Å². The van der Waals surface area contributed by atoms with E-state index in [1.54, 1.807) is 6.26 Å². The molecule has 3 aromatic rings. The lowest BCUT2D eigenvalue weighted by molar-refractivity contribution is 0.477. The number of anilines is 2. The maximum absolute atomic E-state index is 5.35. The molecule has 0 fully saturated rings. The number of aryl methyl sites for hydroxylation is 2. The van der Waals surface area contributed by atoms with E-state index in [9.17, 15) is 0 Å². The molecule has 3 heteroatoms. The van der Waals surface area contributed by atoms with Crippen molar-refractivity contribution in [3.63, 3.8) is 0 Å². The maximum Gasteiger partial charge on any atom is 0.117 e. The lowest BCUT2D eigenvalue weighted by atomic mass is 10.0. The molecule has 0 saturated heterocycles. The average Bonchev–Trinajstić information content (AvgIpc) is 3.20. The average molecular weight is 375 g/mol. The molecule has 1 aliphatic rings. The molecule has 2 heterocycles. The largest absolute Gasteiger partial charge is 0.468 e. The Balaban J connectivity index is 1.27. The van der Waals surface area contributed by atoms with Crippen LogP contribution in [-0.2, 0) is 19.4 Å². The normalized spacial score (nSPS) is 13.1. The summed E-state index contributed by atoms with van der Waals surface area (Å²) >= 11 is 0. The molecule has 0 aliphatic carbocycles. The molecule has 4 rings (SSSR count). The second-order valence-electron chi connectivity index (χ2n) is 7.58. The number of hydrogen-bond donors (Lipinski definition) is 1. The molecule has 0 saturated carbocycles. The molecule has 0 unspecified atom stereocenters. The molecule has 0 radical (unpaired) electrons. The Morgan fingerprint density at radius 2 is 1.43 bits per heavy atom. The van der Waals surface area contributed by atoms with Crippen LogP contribution in [0, 0.1) is 0 Å².